The van der Waals surface area contributed by atoms with Crippen LogP contribution in [-0.4, -0.2) is 36.5 Å². The number of halogens is 7. The van der Waals surface area contributed by atoms with Crippen molar-refractivity contribution >= 4 is 5.69 Å². The number of hydrogen-bond donors (Lipinski definition) is 1. The van der Waals surface area contributed by atoms with Crippen LogP contribution in [0.3, 0.4) is 0 Å². The van der Waals surface area contributed by atoms with E-state index in [0.717, 1.165) is 37.8 Å². The van der Waals surface area contributed by atoms with Gasteiger partial charge in [-0.2, -0.15) is 30.7 Å². The summed E-state index contributed by atoms with van der Waals surface area (Å²) in [6.07, 6.45) is -12.3. The summed E-state index contributed by atoms with van der Waals surface area (Å²) in [5, 5.41) is 10.0. The highest BCUT2D eigenvalue weighted by molar-refractivity contribution is 5.79. The summed E-state index contributed by atoms with van der Waals surface area (Å²) < 4.78 is 103. The predicted octanol–water partition coefficient (Wildman–Crippen LogP) is 9.19. The smallest absolute Gasteiger partial charge is 0.457 e. The molecule has 0 radical (unpaired) electrons. The Morgan fingerprint density at radius 3 is 2.18 bits per heavy atom. The number of aliphatic hydroxyl groups is 1. The van der Waals surface area contributed by atoms with Crippen LogP contribution in [0.2, 0.25) is 0 Å². The molecular weight excluding hydrogens is 603 g/mol. The highest BCUT2D eigenvalue weighted by atomic mass is 19.4. The van der Waals surface area contributed by atoms with Gasteiger partial charge in [-0.25, -0.2) is 0 Å². The van der Waals surface area contributed by atoms with E-state index in [4.69, 9.17) is 4.74 Å². The number of benzene rings is 4. The lowest BCUT2D eigenvalue weighted by Gasteiger charge is -2.30. The fraction of sp³-hybridized carbons (Fsp3) is 0.294. The number of nitrogens with zero attached hydrogens (tertiary/aromatic N) is 1. The molecule has 4 aromatic rings. The quantitative estimate of drug-likeness (QED) is 0.167. The lowest BCUT2D eigenvalue weighted by molar-refractivity contribution is -0.253. The lowest BCUT2D eigenvalue weighted by atomic mass is 9.92. The lowest BCUT2D eigenvalue weighted by Crippen LogP contribution is -2.41. The van der Waals surface area contributed by atoms with E-state index in [1.54, 1.807) is 48.5 Å². The standard InChI is InChI=1S/C34H30F7NO3/c35-32(36)34(40,41)45-28-12-5-7-22(17-28)20-42(21-31(43)33(37,38)39)30-14-4-3-13-29(30)25-10-6-11-26(19-25)44-27-16-15-23-8-1-2-9-24(23)18-27/h3-7,10-19,31-32,43H,1-2,8-9,20-21H2/t31-/m1/s1. The van der Waals surface area contributed by atoms with Crippen LogP contribution in [0.15, 0.2) is 91.0 Å². The molecule has 0 unspecified atom stereocenters. The maximum absolute atomic E-state index is 13.5. The van der Waals surface area contributed by atoms with Gasteiger partial charge < -0.3 is 19.5 Å². The molecule has 45 heavy (non-hydrogen) atoms. The molecule has 0 bridgehead atoms. The SMILES string of the molecule is O[C@H](CN(Cc1cccc(OC(F)(F)C(F)F)c1)c1ccccc1-c1cccc(Oc2ccc3c(c2)CCCC3)c1)C(F)(F)F. The first-order valence-electron chi connectivity index (χ1n) is 14.3. The van der Waals surface area contributed by atoms with E-state index < -0.39 is 37.1 Å². The van der Waals surface area contributed by atoms with E-state index in [-0.39, 0.29) is 12.1 Å². The number of fused-ring (bicyclic) bond motifs is 1. The van der Waals surface area contributed by atoms with Gasteiger partial charge in [-0.15, -0.1) is 0 Å². The minimum Gasteiger partial charge on any atom is -0.457 e. The monoisotopic (exact) mass is 633 g/mol. The zero-order chi connectivity index (χ0) is 32.2. The summed E-state index contributed by atoms with van der Waals surface area (Å²) >= 11 is 0. The molecule has 1 atom stereocenters. The fourth-order valence-corrected chi connectivity index (χ4v) is 5.32. The molecule has 4 aromatic carbocycles. The van der Waals surface area contributed by atoms with Gasteiger partial charge in [0, 0.05) is 17.8 Å². The number of rotatable bonds is 11. The van der Waals surface area contributed by atoms with Crippen molar-refractivity contribution in [3.05, 3.63) is 108 Å². The first-order chi connectivity index (χ1) is 21.4. The topological polar surface area (TPSA) is 41.9 Å². The number of ether oxygens (including phenoxy) is 2. The maximum atomic E-state index is 13.5. The van der Waals surface area contributed by atoms with E-state index in [1.807, 2.05) is 12.1 Å². The second-order valence-corrected chi connectivity index (χ2v) is 10.8. The van der Waals surface area contributed by atoms with Crippen molar-refractivity contribution in [2.75, 3.05) is 11.4 Å². The van der Waals surface area contributed by atoms with E-state index >= 15 is 0 Å². The first kappa shape index (κ1) is 32.2. The van der Waals surface area contributed by atoms with Crippen LogP contribution < -0.4 is 14.4 Å². The molecule has 1 N–H and O–H groups in total. The molecule has 0 heterocycles. The van der Waals surface area contributed by atoms with Crippen molar-refractivity contribution in [3.8, 4) is 28.4 Å². The molecule has 1 aliphatic carbocycles. The summed E-state index contributed by atoms with van der Waals surface area (Å²) in [7, 11) is 0. The Balaban J connectivity index is 1.46. The summed E-state index contributed by atoms with van der Waals surface area (Å²) in [5.41, 5.74) is 4.16. The number of aryl methyl sites for hydroxylation is 2. The molecular formula is C34H30F7NO3. The summed E-state index contributed by atoms with van der Waals surface area (Å²) in [6, 6.07) is 24.3. The molecule has 0 saturated heterocycles. The van der Waals surface area contributed by atoms with Gasteiger partial charge in [-0.3, -0.25) is 0 Å². The third-order valence-corrected chi connectivity index (χ3v) is 7.50. The molecule has 11 heteroatoms. The molecule has 5 rings (SSSR count). The molecule has 0 aliphatic heterocycles. The number of aliphatic hydroxyl groups excluding tert-OH is 1. The van der Waals surface area contributed by atoms with Crippen molar-refractivity contribution in [2.45, 2.75) is 57.0 Å². The van der Waals surface area contributed by atoms with Crippen molar-refractivity contribution in [1.29, 1.82) is 0 Å². The molecule has 0 fully saturated rings. The molecule has 0 saturated carbocycles. The van der Waals surface area contributed by atoms with Crippen molar-refractivity contribution in [1.82, 2.24) is 0 Å². The van der Waals surface area contributed by atoms with Crippen LogP contribution in [-0.2, 0) is 19.4 Å². The number of anilines is 1. The molecule has 1 aliphatic rings. The minimum absolute atomic E-state index is 0.186. The zero-order valence-corrected chi connectivity index (χ0v) is 23.9. The van der Waals surface area contributed by atoms with Crippen molar-refractivity contribution < 1.29 is 45.3 Å². The van der Waals surface area contributed by atoms with Crippen LogP contribution in [0.25, 0.3) is 11.1 Å². The Morgan fingerprint density at radius 1 is 0.733 bits per heavy atom. The van der Waals surface area contributed by atoms with E-state index in [1.165, 1.54) is 28.2 Å². The number of hydrogen-bond acceptors (Lipinski definition) is 4. The third-order valence-electron chi connectivity index (χ3n) is 7.50. The van der Waals surface area contributed by atoms with E-state index in [0.29, 0.717) is 28.3 Å². The Kier molecular flexibility index (Phi) is 9.57. The van der Waals surface area contributed by atoms with Gasteiger partial charge in [-0.1, -0.05) is 48.5 Å². The number of alkyl halides is 7. The van der Waals surface area contributed by atoms with Crippen LogP contribution >= 0.6 is 0 Å². The van der Waals surface area contributed by atoms with Crippen molar-refractivity contribution in [3.63, 3.8) is 0 Å². The third kappa shape index (κ3) is 8.08. The van der Waals surface area contributed by atoms with E-state index in [9.17, 15) is 35.8 Å². The second-order valence-electron chi connectivity index (χ2n) is 10.8. The van der Waals surface area contributed by atoms with Gasteiger partial charge in [0.05, 0.1) is 6.54 Å². The minimum atomic E-state index is -4.94. The Hall–Kier alpha value is -4.25. The Morgan fingerprint density at radius 2 is 1.42 bits per heavy atom. The van der Waals surface area contributed by atoms with Crippen LogP contribution in [0.1, 0.15) is 29.5 Å². The van der Waals surface area contributed by atoms with Gasteiger partial charge >= 0.3 is 18.7 Å². The Labute approximate surface area is 255 Å². The normalized spacial score (nSPS) is 14.2. The molecule has 0 amide bonds. The zero-order valence-electron chi connectivity index (χ0n) is 23.9. The highest BCUT2D eigenvalue weighted by Gasteiger charge is 2.44. The summed E-state index contributed by atoms with van der Waals surface area (Å²) in [5.74, 6) is 0.578. The maximum Gasteiger partial charge on any atom is 0.461 e. The molecule has 0 aromatic heterocycles. The summed E-state index contributed by atoms with van der Waals surface area (Å²) in [6.45, 7) is -1.20. The van der Waals surface area contributed by atoms with Gasteiger partial charge in [-0.05, 0) is 90.4 Å². The van der Waals surface area contributed by atoms with Gasteiger partial charge in [0.1, 0.15) is 17.2 Å². The van der Waals surface area contributed by atoms with E-state index in [2.05, 4.69) is 10.8 Å². The highest BCUT2D eigenvalue weighted by Crippen LogP contribution is 2.37. The molecule has 238 valence electrons. The van der Waals surface area contributed by atoms with Crippen LogP contribution in [0.4, 0.5) is 36.4 Å². The first-order valence-corrected chi connectivity index (χ1v) is 14.3. The van der Waals surface area contributed by atoms with Crippen LogP contribution in [0.5, 0.6) is 17.2 Å². The Bertz CT molecular complexity index is 1610. The molecule has 4 nitrogen and oxygen atoms in total. The summed E-state index contributed by atoms with van der Waals surface area (Å²) in [4.78, 5) is 1.24. The van der Waals surface area contributed by atoms with Gasteiger partial charge in [0.25, 0.3) is 0 Å². The predicted molar refractivity (Wildman–Crippen MR) is 156 cm³/mol. The second kappa shape index (κ2) is 13.4. The van der Waals surface area contributed by atoms with Gasteiger partial charge in [0.15, 0.2) is 6.10 Å². The fourth-order valence-electron chi connectivity index (χ4n) is 5.32. The molecule has 0 spiro atoms. The average molecular weight is 634 g/mol. The van der Waals surface area contributed by atoms with Crippen molar-refractivity contribution in [2.24, 2.45) is 0 Å². The van der Waals surface area contributed by atoms with Gasteiger partial charge in [0.2, 0.25) is 0 Å². The average Bonchev–Trinajstić information content (AvgIpc) is 3.00. The largest absolute Gasteiger partial charge is 0.461 e. The van der Waals surface area contributed by atoms with Crippen LogP contribution in [0, 0.1) is 0 Å². The number of para-hydroxylation sites is 1.